The second-order valence-corrected chi connectivity index (χ2v) is 10.8. The van der Waals surface area contributed by atoms with Crippen molar-refractivity contribution in [2.75, 3.05) is 32.7 Å². The van der Waals surface area contributed by atoms with Crippen LogP contribution in [-0.4, -0.2) is 78.9 Å². The maximum absolute atomic E-state index is 13.1. The number of carbonyl (C=O) groups excluding carboxylic acids is 2. The number of aryl methyl sites for hydroxylation is 1. The fourth-order valence-electron chi connectivity index (χ4n) is 3.78. The highest BCUT2D eigenvalue weighted by Crippen LogP contribution is 2.24. The first-order valence-electron chi connectivity index (χ1n) is 10.3. The van der Waals surface area contributed by atoms with Crippen molar-refractivity contribution in [3.63, 3.8) is 0 Å². The molecule has 2 aliphatic heterocycles. The van der Waals surface area contributed by atoms with Crippen molar-refractivity contribution >= 4 is 22.0 Å². The highest BCUT2D eigenvalue weighted by atomic mass is 32.2. The van der Waals surface area contributed by atoms with Crippen molar-refractivity contribution < 1.29 is 22.7 Å². The molecule has 0 radical (unpaired) electrons. The number of nitrogens with zero attached hydrogens (tertiary/aromatic N) is 3. The summed E-state index contributed by atoms with van der Waals surface area (Å²) in [6.07, 6.45) is 0.871. The van der Waals surface area contributed by atoms with Gasteiger partial charge in [0.2, 0.25) is 15.9 Å². The van der Waals surface area contributed by atoms with Crippen molar-refractivity contribution in [3.05, 3.63) is 29.8 Å². The minimum absolute atomic E-state index is 0.134. The van der Waals surface area contributed by atoms with Crippen LogP contribution in [0.1, 0.15) is 39.2 Å². The lowest BCUT2D eigenvalue weighted by Gasteiger charge is -2.37. The lowest BCUT2D eigenvalue weighted by molar-refractivity contribution is -0.137. The summed E-state index contributed by atoms with van der Waals surface area (Å²) in [6.45, 7) is 8.88. The lowest BCUT2D eigenvalue weighted by Crippen LogP contribution is -2.55. The molecule has 30 heavy (non-hydrogen) atoms. The number of ether oxygens (including phenoxy) is 1. The molecule has 166 valence electrons. The van der Waals surface area contributed by atoms with Gasteiger partial charge in [-0.1, -0.05) is 17.7 Å². The maximum atomic E-state index is 13.1. The monoisotopic (exact) mass is 437 g/mol. The van der Waals surface area contributed by atoms with Crippen molar-refractivity contribution in [1.82, 2.24) is 14.1 Å². The Morgan fingerprint density at radius 2 is 1.60 bits per heavy atom. The van der Waals surface area contributed by atoms with Crippen LogP contribution in [0.3, 0.4) is 0 Å². The molecular formula is C21H31N3O5S. The molecule has 0 aliphatic carbocycles. The van der Waals surface area contributed by atoms with Gasteiger partial charge in [0.25, 0.3) is 0 Å². The largest absolute Gasteiger partial charge is 0.444 e. The lowest BCUT2D eigenvalue weighted by atomic mass is 10.1. The van der Waals surface area contributed by atoms with E-state index >= 15 is 0 Å². The highest BCUT2D eigenvalue weighted by molar-refractivity contribution is 7.89. The number of sulfonamides is 1. The zero-order valence-electron chi connectivity index (χ0n) is 18.1. The van der Waals surface area contributed by atoms with Gasteiger partial charge in [-0.25, -0.2) is 13.2 Å². The van der Waals surface area contributed by atoms with E-state index in [1.807, 2.05) is 6.92 Å². The Morgan fingerprint density at radius 1 is 1.00 bits per heavy atom. The van der Waals surface area contributed by atoms with Crippen molar-refractivity contribution in [2.45, 2.75) is 57.1 Å². The minimum atomic E-state index is -3.58. The molecular weight excluding hydrogens is 406 g/mol. The SMILES string of the molecule is Cc1ccc(S(=O)(=O)N2CCN(C(=O)[C@@H]3CCCN3C(=O)OC(C)(C)C)CC2)cc1. The summed E-state index contributed by atoms with van der Waals surface area (Å²) in [7, 11) is -3.58. The average Bonchev–Trinajstić information content (AvgIpc) is 3.16. The van der Waals surface area contributed by atoms with Crippen LogP contribution in [-0.2, 0) is 19.6 Å². The van der Waals surface area contributed by atoms with Gasteiger partial charge in [0.05, 0.1) is 4.90 Å². The molecule has 2 heterocycles. The van der Waals surface area contributed by atoms with E-state index in [4.69, 9.17) is 4.74 Å². The number of piperazine rings is 1. The average molecular weight is 438 g/mol. The van der Waals surface area contributed by atoms with Gasteiger partial charge in [0.15, 0.2) is 0 Å². The zero-order chi connectivity index (χ0) is 22.1. The molecule has 2 aliphatic rings. The third-order valence-electron chi connectivity index (χ3n) is 5.37. The molecule has 0 aromatic heterocycles. The van der Waals surface area contributed by atoms with Gasteiger partial charge in [-0.05, 0) is 52.7 Å². The van der Waals surface area contributed by atoms with Crippen LogP contribution in [0.25, 0.3) is 0 Å². The smallest absolute Gasteiger partial charge is 0.410 e. The molecule has 2 saturated heterocycles. The summed E-state index contributed by atoms with van der Waals surface area (Å²) in [4.78, 5) is 28.9. The quantitative estimate of drug-likeness (QED) is 0.724. The molecule has 0 bridgehead atoms. The minimum Gasteiger partial charge on any atom is -0.444 e. The van der Waals surface area contributed by atoms with E-state index < -0.39 is 27.8 Å². The molecule has 0 spiro atoms. The molecule has 3 rings (SSSR count). The summed E-state index contributed by atoms with van der Waals surface area (Å²) in [5.41, 5.74) is 0.374. The summed E-state index contributed by atoms with van der Waals surface area (Å²) >= 11 is 0. The van der Waals surface area contributed by atoms with Gasteiger partial charge in [0.1, 0.15) is 11.6 Å². The molecule has 2 amide bonds. The molecule has 0 unspecified atom stereocenters. The van der Waals surface area contributed by atoms with Crippen LogP contribution in [0.4, 0.5) is 4.79 Å². The molecule has 1 aromatic carbocycles. The van der Waals surface area contributed by atoms with Gasteiger partial charge >= 0.3 is 6.09 Å². The van der Waals surface area contributed by atoms with Gasteiger partial charge in [-0.2, -0.15) is 4.31 Å². The molecule has 9 heteroatoms. The molecule has 1 aromatic rings. The predicted octanol–water partition coefficient (Wildman–Crippen LogP) is 2.23. The summed E-state index contributed by atoms with van der Waals surface area (Å²) in [5.74, 6) is -0.134. The van der Waals surface area contributed by atoms with Crippen molar-refractivity contribution in [1.29, 1.82) is 0 Å². The number of rotatable bonds is 3. The number of likely N-dealkylation sites (tertiary alicyclic amines) is 1. The number of amides is 2. The van der Waals surface area contributed by atoms with Crippen LogP contribution in [0.15, 0.2) is 29.2 Å². The first kappa shape index (κ1) is 22.6. The van der Waals surface area contributed by atoms with E-state index in [1.165, 1.54) is 9.21 Å². The van der Waals surface area contributed by atoms with Crippen LogP contribution in [0.5, 0.6) is 0 Å². The second-order valence-electron chi connectivity index (χ2n) is 8.87. The fourth-order valence-corrected chi connectivity index (χ4v) is 5.20. The third-order valence-corrected chi connectivity index (χ3v) is 7.29. The van der Waals surface area contributed by atoms with Crippen molar-refractivity contribution in [2.24, 2.45) is 0 Å². The Balaban J connectivity index is 1.62. The standard InChI is InChI=1S/C21H31N3O5S/c1-16-7-9-17(10-8-16)30(27,28)23-14-12-22(13-15-23)19(25)18-6-5-11-24(18)20(26)29-21(2,3)4/h7-10,18H,5-6,11-15H2,1-4H3/t18-/m0/s1. The molecule has 0 N–H and O–H groups in total. The second kappa shape index (κ2) is 8.55. The van der Waals surface area contributed by atoms with E-state index in [-0.39, 0.29) is 23.9 Å². The third kappa shape index (κ3) is 4.95. The molecule has 8 nitrogen and oxygen atoms in total. The van der Waals surface area contributed by atoms with Crippen molar-refractivity contribution in [3.8, 4) is 0 Å². The normalized spacial score (nSPS) is 21.0. The fraction of sp³-hybridized carbons (Fsp3) is 0.619. The number of carbonyl (C=O) groups is 2. The Morgan fingerprint density at radius 3 is 2.17 bits per heavy atom. The maximum Gasteiger partial charge on any atom is 0.410 e. The first-order valence-corrected chi connectivity index (χ1v) is 11.8. The highest BCUT2D eigenvalue weighted by Gasteiger charge is 2.40. The molecule has 0 saturated carbocycles. The number of benzene rings is 1. The van der Waals surface area contributed by atoms with Crippen LogP contribution in [0, 0.1) is 6.92 Å². The predicted molar refractivity (Wildman–Crippen MR) is 112 cm³/mol. The van der Waals surface area contributed by atoms with Gasteiger partial charge in [-0.3, -0.25) is 9.69 Å². The van der Waals surface area contributed by atoms with E-state index in [0.717, 1.165) is 12.0 Å². The number of hydrogen-bond acceptors (Lipinski definition) is 5. The van der Waals surface area contributed by atoms with Crippen LogP contribution >= 0.6 is 0 Å². The van der Waals surface area contributed by atoms with E-state index in [0.29, 0.717) is 26.1 Å². The Labute approximate surface area is 178 Å². The van der Waals surface area contributed by atoms with E-state index in [9.17, 15) is 18.0 Å². The van der Waals surface area contributed by atoms with Gasteiger partial charge < -0.3 is 9.64 Å². The van der Waals surface area contributed by atoms with Gasteiger partial charge in [0, 0.05) is 32.7 Å². The Hall–Kier alpha value is -2.13. The van der Waals surface area contributed by atoms with Crippen LogP contribution < -0.4 is 0 Å². The van der Waals surface area contributed by atoms with Gasteiger partial charge in [-0.15, -0.1) is 0 Å². The summed E-state index contributed by atoms with van der Waals surface area (Å²) in [6, 6.07) is 6.23. The molecule has 1 atom stereocenters. The Bertz CT molecular complexity index is 884. The van der Waals surface area contributed by atoms with Crippen LogP contribution in [0.2, 0.25) is 0 Å². The zero-order valence-corrected chi connectivity index (χ0v) is 18.9. The van der Waals surface area contributed by atoms with E-state index in [2.05, 4.69) is 0 Å². The van der Waals surface area contributed by atoms with E-state index in [1.54, 1.807) is 49.9 Å². The topological polar surface area (TPSA) is 87.2 Å². The Kier molecular flexibility index (Phi) is 6.43. The first-order chi connectivity index (χ1) is 14.0. The molecule has 2 fully saturated rings. The summed E-state index contributed by atoms with van der Waals surface area (Å²) < 4.78 is 32.6. The summed E-state index contributed by atoms with van der Waals surface area (Å²) in [5, 5.41) is 0. The number of hydrogen-bond donors (Lipinski definition) is 0.